The number of rotatable bonds is 3. The normalized spacial score (nSPS) is 17.6. The number of nitrogens with zero attached hydrogens (tertiary/aromatic N) is 2. The number of hydrogen-bond donors (Lipinski definition) is 1. The zero-order chi connectivity index (χ0) is 20.6. The van der Waals surface area contributed by atoms with Gasteiger partial charge in [0.2, 0.25) is 0 Å². The van der Waals surface area contributed by atoms with Crippen molar-refractivity contribution in [1.82, 2.24) is 9.47 Å². The molecule has 6 nitrogen and oxygen atoms in total. The van der Waals surface area contributed by atoms with Gasteiger partial charge in [-0.05, 0) is 46.7 Å². The summed E-state index contributed by atoms with van der Waals surface area (Å²) in [6, 6.07) is 7.15. The molecule has 0 bridgehead atoms. The van der Waals surface area contributed by atoms with Crippen LogP contribution in [0.25, 0.3) is 10.9 Å². The van der Waals surface area contributed by atoms with E-state index in [4.69, 9.17) is 4.74 Å². The monoisotopic (exact) mass is 420 g/mol. The molecule has 2 heterocycles. The zero-order valence-corrected chi connectivity index (χ0v) is 18.4. The van der Waals surface area contributed by atoms with Crippen molar-refractivity contribution in [3.05, 3.63) is 47.2 Å². The fourth-order valence-electron chi connectivity index (χ4n) is 3.97. The molecule has 0 saturated carbocycles. The quantitative estimate of drug-likeness (QED) is 0.686. The lowest BCUT2D eigenvalue weighted by atomic mass is 9.90. The Morgan fingerprint density at radius 3 is 2.48 bits per heavy atom. The van der Waals surface area contributed by atoms with Crippen molar-refractivity contribution in [3.63, 3.8) is 0 Å². The first-order valence-electron chi connectivity index (χ1n) is 9.64. The summed E-state index contributed by atoms with van der Waals surface area (Å²) in [6.45, 7) is 8.21. The van der Waals surface area contributed by atoms with E-state index in [0.717, 1.165) is 24.8 Å². The Bertz CT molecular complexity index is 956. The Morgan fingerprint density at radius 1 is 1.24 bits per heavy atom. The fraction of sp³-hybridized carbons (Fsp3) is 0.455. The average molecular weight is 421 g/mol. The van der Waals surface area contributed by atoms with E-state index in [9.17, 15) is 14.7 Å². The van der Waals surface area contributed by atoms with Crippen molar-refractivity contribution >= 4 is 35.4 Å². The highest BCUT2D eigenvalue weighted by Crippen LogP contribution is 2.40. The number of likely N-dealkylation sites (N-methyl/N-ethyl adjacent to an activating group) is 1. The molecule has 1 aliphatic heterocycles. The van der Waals surface area contributed by atoms with Crippen LogP contribution in [-0.2, 0) is 4.74 Å². The molecule has 1 aliphatic rings. The Morgan fingerprint density at radius 2 is 1.90 bits per heavy atom. The van der Waals surface area contributed by atoms with Gasteiger partial charge < -0.3 is 9.84 Å². The van der Waals surface area contributed by atoms with Crippen molar-refractivity contribution in [2.24, 2.45) is 0 Å². The number of para-hydroxylation sites is 1. The van der Waals surface area contributed by atoms with Crippen LogP contribution in [0.1, 0.15) is 62.6 Å². The van der Waals surface area contributed by atoms with E-state index in [1.165, 1.54) is 10.1 Å². The minimum Gasteiger partial charge on any atom is -0.477 e. The van der Waals surface area contributed by atoms with Crippen LogP contribution in [0.4, 0.5) is 4.79 Å². The van der Waals surface area contributed by atoms with Gasteiger partial charge in [0.05, 0.1) is 11.6 Å². The van der Waals surface area contributed by atoms with Crippen molar-refractivity contribution < 1.29 is 19.4 Å². The van der Waals surface area contributed by atoms with Crippen LogP contribution >= 0.6 is 12.4 Å². The molecule has 1 aromatic carbocycles. The van der Waals surface area contributed by atoms with Gasteiger partial charge in [-0.15, -0.1) is 12.4 Å². The molecule has 0 amide bonds. The van der Waals surface area contributed by atoms with Crippen LogP contribution < -0.4 is 0 Å². The largest absolute Gasteiger partial charge is 0.477 e. The van der Waals surface area contributed by atoms with Gasteiger partial charge in [0.25, 0.3) is 0 Å². The van der Waals surface area contributed by atoms with E-state index < -0.39 is 17.7 Å². The number of carbonyl (C=O) groups excluding carboxylic acids is 1. The summed E-state index contributed by atoms with van der Waals surface area (Å²) in [5.41, 5.74) is 1.63. The van der Waals surface area contributed by atoms with Gasteiger partial charge in [-0.25, -0.2) is 14.2 Å². The zero-order valence-electron chi connectivity index (χ0n) is 17.6. The molecule has 1 aromatic heterocycles. The minimum absolute atomic E-state index is 0. The maximum atomic E-state index is 13.0. The van der Waals surface area contributed by atoms with Gasteiger partial charge >= 0.3 is 12.1 Å². The number of fused-ring (bicyclic) bond motifs is 1. The van der Waals surface area contributed by atoms with Crippen LogP contribution in [0.15, 0.2) is 35.9 Å². The van der Waals surface area contributed by atoms with E-state index in [-0.39, 0.29) is 24.1 Å². The Hall–Kier alpha value is -2.31. The van der Waals surface area contributed by atoms with E-state index in [1.807, 2.05) is 19.2 Å². The van der Waals surface area contributed by atoms with Gasteiger partial charge in [0.1, 0.15) is 11.3 Å². The lowest BCUT2D eigenvalue weighted by Gasteiger charge is -2.34. The van der Waals surface area contributed by atoms with Crippen LogP contribution in [-0.4, -0.2) is 45.8 Å². The highest BCUT2D eigenvalue weighted by Gasteiger charge is 2.35. The lowest BCUT2D eigenvalue weighted by molar-refractivity contribution is 0.0511. The van der Waals surface area contributed by atoms with Crippen LogP contribution in [0, 0.1) is 0 Å². The maximum absolute atomic E-state index is 13.0. The number of ether oxygens (including phenoxy) is 1. The molecule has 0 saturated heterocycles. The SMILES string of the molecule is CCC1=CCCN(C)C1c1c(C(=O)O)n(C(=O)OC(C)(C)C)c2ccccc12.Cl. The number of carbonyl (C=O) groups is 2. The van der Waals surface area contributed by atoms with Crippen LogP contribution in [0.2, 0.25) is 0 Å². The number of carboxylic acid groups (broad SMARTS) is 1. The third-order valence-corrected chi connectivity index (χ3v) is 5.05. The number of benzene rings is 1. The third-order valence-electron chi connectivity index (χ3n) is 5.05. The van der Waals surface area contributed by atoms with Crippen molar-refractivity contribution in [2.75, 3.05) is 13.6 Å². The molecule has 0 spiro atoms. The van der Waals surface area contributed by atoms with Gasteiger partial charge in [-0.2, -0.15) is 0 Å². The molecule has 1 unspecified atom stereocenters. The number of hydrogen-bond acceptors (Lipinski definition) is 4. The van der Waals surface area contributed by atoms with Crippen molar-refractivity contribution in [3.8, 4) is 0 Å². The first kappa shape index (κ1) is 23.0. The second kappa shape index (κ2) is 8.59. The predicted octanol–water partition coefficient (Wildman–Crippen LogP) is 5.26. The van der Waals surface area contributed by atoms with Crippen molar-refractivity contribution in [2.45, 2.75) is 52.2 Å². The fourth-order valence-corrected chi connectivity index (χ4v) is 3.97. The van der Waals surface area contributed by atoms with E-state index in [2.05, 4.69) is 17.9 Å². The second-order valence-corrected chi connectivity index (χ2v) is 8.20. The highest BCUT2D eigenvalue weighted by molar-refractivity contribution is 6.04. The van der Waals surface area contributed by atoms with E-state index in [0.29, 0.717) is 11.1 Å². The molecule has 0 radical (unpaired) electrons. The van der Waals surface area contributed by atoms with Gasteiger partial charge in [0, 0.05) is 17.5 Å². The lowest BCUT2D eigenvalue weighted by Crippen LogP contribution is -2.32. The Labute approximate surface area is 177 Å². The summed E-state index contributed by atoms with van der Waals surface area (Å²) >= 11 is 0. The molecule has 1 N–H and O–H groups in total. The van der Waals surface area contributed by atoms with E-state index in [1.54, 1.807) is 32.9 Å². The summed E-state index contributed by atoms with van der Waals surface area (Å²) in [5, 5.41) is 10.9. The molecule has 0 fully saturated rings. The molecular formula is C22H29ClN2O4. The highest BCUT2D eigenvalue weighted by atomic mass is 35.5. The number of aromatic carboxylic acids is 1. The summed E-state index contributed by atoms with van der Waals surface area (Å²) in [6.07, 6.45) is 3.27. The minimum atomic E-state index is -1.13. The second-order valence-electron chi connectivity index (χ2n) is 8.20. The van der Waals surface area contributed by atoms with Gasteiger partial charge in [-0.1, -0.05) is 36.8 Å². The maximum Gasteiger partial charge on any atom is 0.419 e. The molecular weight excluding hydrogens is 392 g/mol. The average Bonchev–Trinajstić information content (AvgIpc) is 2.95. The summed E-state index contributed by atoms with van der Waals surface area (Å²) in [4.78, 5) is 27.5. The van der Waals surface area contributed by atoms with Gasteiger partial charge in [0.15, 0.2) is 0 Å². The van der Waals surface area contributed by atoms with Gasteiger partial charge in [-0.3, -0.25) is 4.90 Å². The summed E-state index contributed by atoms with van der Waals surface area (Å²) < 4.78 is 6.75. The van der Waals surface area contributed by atoms with Crippen LogP contribution in [0.3, 0.4) is 0 Å². The van der Waals surface area contributed by atoms with E-state index >= 15 is 0 Å². The van der Waals surface area contributed by atoms with Crippen LogP contribution in [0.5, 0.6) is 0 Å². The first-order valence-corrected chi connectivity index (χ1v) is 9.64. The first-order chi connectivity index (χ1) is 13.2. The molecule has 3 rings (SSSR count). The Balaban J connectivity index is 0.00000300. The molecule has 2 aromatic rings. The predicted molar refractivity (Wildman–Crippen MR) is 116 cm³/mol. The Kier molecular flexibility index (Phi) is 6.81. The standard InChI is InChI=1S/C22H28N2O4.ClH/c1-6-14-10-9-13-23(5)18(14)17-15-11-7-8-12-16(15)24(19(17)20(25)26)21(27)28-22(2,3)4;/h7-8,10-12,18H,6,9,13H2,1-5H3,(H,25,26);1H. The summed E-state index contributed by atoms with van der Waals surface area (Å²) in [7, 11) is 2.00. The summed E-state index contributed by atoms with van der Waals surface area (Å²) in [5.74, 6) is -1.13. The molecule has 158 valence electrons. The smallest absolute Gasteiger partial charge is 0.419 e. The number of carboxylic acids is 1. The molecule has 0 aliphatic carbocycles. The molecule has 1 atom stereocenters. The molecule has 29 heavy (non-hydrogen) atoms. The van der Waals surface area contributed by atoms with Crippen molar-refractivity contribution in [1.29, 1.82) is 0 Å². The molecule has 7 heteroatoms. The topological polar surface area (TPSA) is 71.8 Å². The number of halogens is 1. The number of aromatic nitrogens is 1. The third kappa shape index (κ3) is 4.33.